The van der Waals surface area contributed by atoms with Gasteiger partial charge in [-0.2, -0.15) is 0 Å². The van der Waals surface area contributed by atoms with E-state index in [-0.39, 0.29) is 0 Å². The molecule has 0 amide bonds. The summed E-state index contributed by atoms with van der Waals surface area (Å²) in [5.41, 5.74) is 0.802. The Kier molecular flexibility index (Phi) is 3.78. The Morgan fingerprint density at radius 2 is 2.25 bits per heavy atom. The molecule has 1 fully saturated rings. The first-order valence-corrected chi connectivity index (χ1v) is 8.28. The van der Waals surface area contributed by atoms with Gasteiger partial charge in [-0.1, -0.05) is 18.2 Å². The summed E-state index contributed by atoms with van der Waals surface area (Å²) in [4.78, 5) is 15.3. The third-order valence-corrected chi connectivity index (χ3v) is 5.73. The minimum Gasteiger partial charge on any atom is -0.481 e. The third-order valence-electron chi connectivity index (χ3n) is 4.61. The zero-order chi connectivity index (χ0) is 14.2. The van der Waals surface area contributed by atoms with E-state index in [0.29, 0.717) is 12.6 Å². The largest absolute Gasteiger partial charge is 0.481 e. The average Bonchev–Trinajstić information content (AvgIpc) is 2.46. The Hall–Kier alpha value is -1.00. The molecule has 0 aliphatic carbocycles. The average molecular weight is 291 g/mol. The number of benzene rings is 1. The number of likely N-dealkylation sites (tertiary alicyclic amines) is 1. The lowest BCUT2D eigenvalue weighted by Gasteiger charge is -2.43. The van der Waals surface area contributed by atoms with Crippen LogP contribution >= 0.6 is 11.8 Å². The zero-order valence-corrected chi connectivity index (χ0v) is 12.7. The van der Waals surface area contributed by atoms with Gasteiger partial charge in [0, 0.05) is 17.5 Å². The van der Waals surface area contributed by atoms with E-state index < -0.39 is 11.4 Å². The topological polar surface area (TPSA) is 40.5 Å². The molecular weight excluding hydrogens is 270 g/mol. The quantitative estimate of drug-likeness (QED) is 0.906. The lowest BCUT2D eigenvalue weighted by atomic mass is 9.81. The summed E-state index contributed by atoms with van der Waals surface area (Å²) in [6.07, 6.45) is 2.90. The molecule has 1 saturated heterocycles. The highest BCUT2D eigenvalue weighted by molar-refractivity contribution is 7.99. The molecule has 2 heterocycles. The minimum absolute atomic E-state index is 0.395. The van der Waals surface area contributed by atoms with E-state index in [2.05, 4.69) is 29.2 Å². The summed E-state index contributed by atoms with van der Waals surface area (Å²) in [5, 5.41) is 9.48. The molecule has 20 heavy (non-hydrogen) atoms. The van der Waals surface area contributed by atoms with E-state index in [1.807, 2.05) is 18.7 Å². The number of carboxylic acids is 1. The smallest absolute Gasteiger partial charge is 0.310 e. The molecule has 0 spiro atoms. The second-order valence-electron chi connectivity index (χ2n) is 6.13. The van der Waals surface area contributed by atoms with Gasteiger partial charge in [0.2, 0.25) is 0 Å². The van der Waals surface area contributed by atoms with Crippen LogP contribution in [-0.4, -0.2) is 34.8 Å². The molecule has 0 saturated carbocycles. The van der Waals surface area contributed by atoms with Gasteiger partial charge < -0.3 is 5.11 Å². The Bertz CT molecular complexity index is 519. The highest BCUT2D eigenvalue weighted by atomic mass is 32.2. The molecule has 108 valence electrons. The van der Waals surface area contributed by atoms with E-state index in [4.69, 9.17) is 0 Å². The number of rotatable bonds is 2. The number of hydrogen-bond donors (Lipinski definition) is 1. The van der Waals surface area contributed by atoms with Crippen molar-refractivity contribution in [2.24, 2.45) is 5.41 Å². The molecule has 0 bridgehead atoms. The summed E-state index contributed by atoms with van der Waals surface area (Å²) in [5.74, 6) is 0.475. The summed E-state index contributed by atoms with van der Waals surface area (Å²) in [6.45, 7) is 3.59. The zero-order valence-electron chi connectivity index (χ0n) is 11.8. The highest BCUT2D eigenvalue weighted by Gasteiger charge is 2.40. The van der Waals surface area contributed by atoms with E-state index in [1.54, 1.807) is 0 Å². The maximum atomic E-state index is 11.5. The van der Waals surface area contributed by atoms with Crippen molar-refractivity contribution in [1.82, 2.24) is 4.90 Å². The lowest BCUT2D eigenvalue weighted by Crippen LogP contribution is -2.47. The maximum Gasteiger partial charge on any atom is 0.310 e. The van der Waals surface area contributed by atoms with Crippen LogP contribution in [0, 0.1) is 5.41 Å². The molecule has 3 rings (SSSR count). The van der Waals surface area contributed by atoms with Crippen molar-refractivity contribution in [2.45, 2.75) is 37.1 Å². The molecule has 3 nitrogen and oxygen atoms in total. The van der Waals surface area contributed by atoms with Crippen molar-refractivity contribution < 1.29 is 9.90 Å². The number of fused-ring (bicyclic) bond motifs is 1. The molecule has 2 unspecified atom stereocenters. The molecule has 2 aliphatic heterocycles. The van der Waals surface area contributed by atoms with Crippen LogP contribution in [0.2, 0.25) is 0 Å². The van der Waals surface area contributed by atoms with Crippen LogP contribution in [0.1, 0.15) is 37.8 Å². The van der Waals surface area contributed by atoms with Crippen molar-refractivity contribution in [3.63, 3.8) is 0 Å². The van der Waals surface area contributed by atoms with Gasteiger partial charge in [-0.25, -0.2) is 0 Å². The highest BCUT2D eigenvalue weighted by Crippen LogP contribution is 2.42. The first kappa shape index (κ1) is 14.0. The van der Waals surface area contributed by atoms with E-state index in [1.165, 1.54) is 10.5 Å². The van der Waals surface area contributed by atoms with E-state index in [0.717, 1.165) is 31.6 Å². The monoisotopic (exact) mass is 291 g/mol. The van der Waals surface area contributed by atoms with Gasteiger partial charge in [0.1, 0.15) is 0 Å². The van der Waals surface area contributed by atoms with Crippen LogP contribution < -0.4 is 0 Å². The van der Waals surface area contributed by atoms with Crippen LogP contribution in [-0.2, 0) is 4.79 Å². The van der Waals surface area contributed by atoms with Crippen molar-refractivity contribution in [3.8, 4) is 0 Å². The Morgan fingerprint density at radius 1 is 1.45 bits per heavy atom. The molecule has 4 heteroatoms. The fourth-order valence-corrected chi connectivity index (χ4v) is 4.53. The summed E-state index contributed by atoms with van der Waals surface area (Å²) >= 11 is 1.92. The van der Waals surface area contributed by atoms with Crippen molar-refractivity contribution in [2.75, 3.05) is 18.8 Å². The van der Waals surface area contributed by atoms with Crippen LogP contribution in [0.25, 0.3) is 0 Å². The second-order valence-corrected chi connectivity index (χ2v) is 7.27. The summed E-state index contributed by atoms with van der Waals surface area (Å²) in [7, 11) is 0. The number of carboxylic acid groups (broad SMARTS) is 1. The molecule has 1 aromatic carbocycles. The van der Waals surface area contributed by atoms with Gasteiger partial charge >= 0.3 is 5.97 Å². The van der Waals surface area contributed by atoms with E-state index >= 15 is 0 Å². The van der Waals surface area contributed by atoms with Gasteiger partial charge in [0.15, 0.2) is 0 Å². The van der Waals surface area contributed by atoms with Crippen LogP contribution in [0.4, 0.5) is 0 Å². The molecule has 1 aromatic rings. The molecule has 2 atom stereocenters. The van der Waals surface area contributed by atoms with E-state index in [9.17, 15) is 9.90 Å². The summed E-state index contributed by atoms with van der Waals surface area (Å²) in [6, 6.07) is 8.97. The van der Waals surface area contributed by atoms with Crippen LogP contribution in [0.5, 0.6) is 0 Å². The molecule has 0 aromatic heterocycles. The van der Waals surface area contributed by atoms with Gasteiger partial charge in [-0.05, 0) is 50.1 Å². The SMILES string of the molecule is CC1(C(=O)O)CCCN(C2CCSc3ccccc32)C1. The predicted molar refractivity (Wildman–Crippen MR) is 81.1 cm³/mol. The number of nitrogens with zero attached hydrogens (tertiary/aromatic N) is 1. The predicted octanol–water partition coefficient (Wildman–Crippen LogP) is 3.41. The first-order chi connectivity index (χ1) is 9.60. The summed E-state index contributed by atoms with van der Waals surface area (Å²) < 4.78 is 0. The Balaban J connectivity index is 1.85. The maximum absolute atomic E-state index is 11.5. The number of carbonyl (C=O) groups is 1. The van der Waals surface area contributed by atoms with Crippen LogP contribution in [0.3, 0.4) is 0 Å². The van der Waals surface area contributed by atoms with Gasteiger partial charge in [-0.15, -0.1) is 11.8 Å². The van der Waals surface area contributed by atoms with Gasteiger partial charge in [0.25, 0.3) is 0 Å². The van der Waals surface area contributed by atoms with Gasteiger partial charge in [-0.3, -0.25) is 9.69 Å². The van der Waals surface area contributed by atoms with Crippen LogP contribution in [0.15, 0.2) is 29.2 Å². The lowest BCUT2D eigenvalue weighted by molar-refractivity contribution is -0.151. The number of aliphatic carboxylic acids is 1. The molecule has 1 N–H and O–H groups in total. The number of thioether (sulfide) groups is 1. The molecular formula is C16H21NO2S. The standard InChI is InChI=1S/C16H21NO2S/c1-16(15(18)19)8-4-9-17(11-16)13-7-10-20-14-6-3-2-5-12(13)14/h2-3,5-6,13H,4,7-11H2,1H3,(H,18,19). The fraction of sp³-hybridized carbons (Fsp3) is 0.562. The third kappa shape index (κ3) is 2.47. The van der Waals surface area contributed by atoms with Crippen molar-refractivity contribution >= 4 is 17.7 Å². The fourth-order valence-electron chi connectivity index (χ4n) is 3.42. The second kappa shape index (κ2) is 5.41. The first-order valence-electron chi connectivity index (χ1n) is 7.29. The number of piperidine rings is 1. The molecule has 2 aliphatic rings. The number of hydrogen-bond acceptors (Lipinski definition) is 3. The van der Waals surface area contributed by atoms with Gasteiger partial charge in [0.05, 0.1) is 5.41 Å². The normalized spacial score (nSPS) is 30.8. The molecule has 0 radical (unpaired) electrons. The Labute approximate surface area is 124 Å². The van der Waals surface area contributed by atoms with Crippen molar-refractivity contribution in [3.05, 3.63) is 29.8 Å². The Morgan fingerprint density at radius 3 is 3.05 bits per heavy atom. The van der Waals surface area contributed by atoms with Crippen molar-refractivity contribution in [1.29, 1.82) is 0 Å². The minimum atomic E-state index is -0.652.